The lowest BCUT2D eigenvalue weighted by Crippen LogP contribution is -2.38. The topological polar surface area (TPSA) is 67.6 Å². The van der Waals surface area contributed by atoms with Gasteiger partial charge in [-0.15, -0.1) is 0 Å². The summed E-state index contributed by atoms with van der Waals surface area (Å²) in [5.41, 5.74) is -0.0892. The van der Waals surface area contributed by atoms with Gasteiger partial charge in [-0.3, -0.25) is 9.58 Å². The van der Waals surface area contributed by atoms with Crippen LogP contribution in [0, 0.1) is 0 Å². The number of carboxylic acid groups (broad SMARTS) is 1. The van der Waals surface area contributed by atoms with Crippen LogP contribution in [0.5, 0.6) is 0 Å². The molecule has 7 heteroatoms. The first-order chi connectivity index (χ1) is 8.16. The number of ether oxygens (including phenoxy) is 1. The fourth-order valence-corrected chi connectivity index (χ4v) is 1.96. The minimum atomic E-state index is -1.10. The van der Waals surface area contributed by atoms with Crippen molar-refractivity contribution >= 4 is 17.6 Å². The minimum absolute atomic E-state index is 0.0892. The van der Waals surface area contributed by atoms with Gasteiger partial charge < -0.3 is 9.84 Å². The molecule has 1 saturated heterocycles. The summed E-state index contributed by atoms with van der Waals surface area (Å²) in [6.45, 7) is 4.76. The zero-order chi connectivity index (χ0) is 12.3. The molecule has 0 unspecified atom stereocenters. The Balaban J connectivity index is 1.90. The molecule has 0 spiro atoms. The number of aromatic carboxylic acids is 1. The third-order valence-electron chi connectivity index (χ3n) is 2.67. The quantitative estimate of drug-likeness (QED) is 0.856. The molecular weight excluding hydrogens is 246 g/mol. The van der Waals surface area contributed by atoms with Crippen LogP contribution >= 0.6 is 11.6 Å². The normalized spacial score (nSPS) is 17.2. The molecule has 1 aromatic rings. The van der Waals surface area contributed by atoms with E-state index < -0.39 is 5.97 Å². The van der Waals surface area contributed by atoms with Crippen molar-refractivity contribution in [1.82, 2.24) is 14.7 Å². The van der Waals surface area contributed by atoms with Crippen molar-refractivity contribution in [3.63, 3.8) is 0 Å². The fraction of sp³-hybridized carbons (Fsp3) is 0.600. The summed E-state index contributed by atoms with van der Waals surface area (Å²) < 4.78 is 6.81. The molecule has 0 atom stereocenters. The van der Waals surface area contributed by atoms with Crippen LogP contribution in [-0.2, 0) is 11.3 Å². The SMILES string of the molecule is O=C(O)c1nn(CCN2CCOCC2)cc1Cl. The number of nitrogens with zero attached hydrogens (tertiary/aromatic N) is 3. The van der Waals surface area contributed by atoms with Gasteiger partial charge in [0.05, 0.1) is 24.8 Å². The number of rotatable bonds is 4. The summed E-state index contributed by atoms with van der Waals surface area (Å²) in [6.07, 6.45) is 1.55. The Kier molecular flexibility index (Phi) is 3.98. The van der Waals surface area contributed by atoms with E-state index in [0.29, 0.717) is 6.54 Å². The summed E-state index contributed by atoms with van der Waals surface area (Å²) in [4.78, 5) is 13.0. The van der Waals surface area contributed by atoms with E-state index in [0.717, 1.165) is 32.8 Å². The van der Waals surface area contributed by atoms with Crippen LogP contribution in [-0.4, -0.2) is 58.6 Å². The number of hydrogen-bond donors (Lipinski definition) is 1. The Bertz CT molecular complexity index is 402. The van der Waals surface area contributed by atoms with Gasteiger partial charge in [0.1, 0.15) is 0 Å². The summed E-state index contributed by atoms with van der Waals surface area (Å²) in [5.74, 6) is -1.10. The van der Waals surface area contributed by atoms with Crippen molar-refractivity contribution in [3.05, 3.63) is 16.9 Å². The maximum Gasteiger partial charge on any atom is 0.357 e. The minimum Gasteiger partial charge on any atom is -0.476 e. The maximum atomic E-state index is 10.8. The number of carbonyl (C=O) groups is 1. The van der Waals surface area contributed by atoms with Gasteiger partial charge in [0, 0.05) is 25.8 Å². The van der Waals surface area contributed by atoms with Crippen LogP contribution in [0.15, 0.2) is 6.20 Å². The number of morpholine rings is 1. The van der Waals surface area contributed by atoms with Crippen LogP contribution in [0.1, 0.15) is 10.5 Å². The standard InChI is InChI=1S/C10H14ClN3O3/c11-8-7-14(12-9(8)10(15)16)2-1-13-3-5-17-6-4-13/h7H,1-6H2,(H,15,16). The van der Waals surface area contributed by atoms with Crippen molar-refractivity contribution < 1.29 is 14.6 Å². The average molecular weight is 260 g/mol. The number of carboxylic acids is 1. The maximum absolute atomic E-state index is 10.8. The molecule has 1 N–H and O–H groups in total. The molecule has 6 nitrogen and oxygen atoms in total. The Morgan fingerprint density at radius 2 is 2.18 bits per heavy atom. The predicted octanol–water partition coefficient (Wildman–Crippen LogP) is 0.567. The molecule has 2 rings (SSSR count). The molecule has 1 fully saturated rings. The number of halogens is 1. The number of hydrogen-bond acceptors (Lipinski definition) is 4. The molecule has 0 saturated carbocycles. The lowest BCUT2D eigenvalue weighted by atomic mass is 10.4. The molecule has 0 aromatic carbocycles. The predicted molar refractivity (Wildman–Crippen MR) is 61.5 cm³/mol. The highest BCUT2D eigenvalue weighted by Gasteiger charge is 2.15. The van der Waals surface area contributed by atoms with E-state index in [1.807, 2.05) is 0 Å². The lowest BCUT2D eigenvalue weighted by Gasteiger charge is -2.26. The second-order valence-electron chi connectivity index (χ2n) is 3.85. The summed E-state index contributed by atoms with van der Waals surface area (Å²) in [7, 11) is 0. The molecule has 1 aromatic heterocycles. The largest absolute Gasteiger partial charge is 0.476 e. The molecule has 0 bridgehead atoms. The lowest BCUT2D eigenvalue weighted by molar-refractivity contribution is 0.0359. The zero-order valence-electron chi connectivity index (χ0n) is 9.30. The van der Waals surface area contributed by atoms with Crippen molar-refractivity contribution in [1.29, 1.82) is 0 Å². The smallest absolute Gasteiger partial charge is 0.357 e. The van der Waals surface area contributed by atoms with Gasteiger partial charge in [-0.25, -0.2) is 4.79 Å². The van der Waals surface area contributed by atoms with Gasteiger partial charge in [-0.1, -0.05) is 11.6 Å². The monoisotopic (exact) mass is 259 g/mol. The number of aromatic nitrogens is 2. The van der Waals surface area contributed by atoms with E-state index in [9.17, 15) is 4.79 Å². The highest BCUT2D eigenvalue weighted by molar-refractivity contribution is 6.33. The Morgan fingerprint density at radius 3 is 2.76 bits per heavy atom. The first-order valence-corrected chi connectivity index (χ1v) is 5.81. The Morgan fingerprint density at radius 1 is 1.47 bits per heavy atom. The van der Waals surface area contributed by atoms with Gasteiger partial charge in [0.15, 0.2) is 5.69 Å². The van der Waals surface area contributed by atoms with Gasteiger partial charge in [0.2, 0.25) is 0 Å². The van der Waals surface area contributed by atoms with Crippen molar-refractivity contribution in [2.24, 2.45) is 0 Å². The van der Waals surface area contributed by atoms with Crippen LogP contribution < -0.4 is 0 Å². The van der Waals surface area contributed by atoms with E-state index in [1.165, 1.54) is 0 Å². The van der Waals surface area contributed by atoms with E-state index in [1.54, 1.807) is 10.9 Å². The highest BCUT2D eigenvalue weighted by Crippen LogP contribution is 2.13. The second kappa shape index (κ2) is 5.48. The molecular formula is C10H14ClN3O3. The first-order valence-electron chi connectivity index (χ1n) is 5.43. The van der Waals surface area contributed by atoms with Crippen molar-refractivity contribution in [2.45, 2.75) is 6.54 Å². The first kappa shape index (κ1) is 12.3. The van der Waals surface area contributed by atoms with Gasteiger partial charge >= 0.3 is 5.97 Å². The average Bonchev–Trinajstić information content (AvgIpc) is 2.69. The molecule has 1 aliphatic rings. The molecule has 0 radical (unpaired) electrons. The van der Waals surface area contributed by atoms with Crippen molar-refractivity contribution in [2.75, 3.05) is 32.8 Å². The van der Waals surface area contributed by atoms with E-state index >= 15 is 0 Å². The molecule has 1 aliphatic heterocycles. The summed E-state index contributed by atoms with van der Waals surface area (Å²) in [6, 6.07) is 0. The molecule has 94 valence electrons. The third kappa shape index (κ3) is 3.18. The molecule has 0 amide bonds. The second-order valence-corrected chi connectivity index (χ2v) is 4.26. The van der Waals surface area contributed by atoms with Crippen molar-refractivity contribution in [3.8, 4) is 0 Å². The molecule has 0 aliphatic carbocycles. The van der Waals surface area contributed by atoms with E-state index in [-0.39, 0.29) is 10.7 Å². The third-order valence-corrected chi connectivity index (χ3v) is 2.95. The molecule has 17 heavy (non-hydrogen) atoms. The molecule has 2 heterocycles. The fourth-order valence-electron chi connectivity index (χ4n) is 1.73. The van der Waals surface area contributed by atoms with Crippen LogP contribution in [0.3, 0.4) is 0 Å². The van der Waals surface area contributed by atoms with Gasteiger partial charge in [0.25, 0.3) is 0 Å². The van der Waals surface area contributed by atoms with E-state index in [4.69, 9.17) is 21.4 Å². The van der Waals surface area contributed by atoms with Gasteiger partial charge in [-0.2, -0.15) is 5.10 Å². The van der Waals surface area contributed by atoms with Crippen LogP contribution in [0.2, 0.25) is 5.02 Å². The van der Waals surface area contributed by atoms with Crippen LogP contribution in [0.4, 0.5) is 0 Å². The summed E-state index contributed by atoms with van der Waals surface area (Å²) >= 11 is 5.76. The summed E-state index contributed by atoms with van der Waals surface area (Å²) in [5, 5.41) is 12.9. The zero-order valence-corrected chi connectivity index (χ0v) is 10.1. The van der Waals surface area contributed by atoms with Gasteiger partial charge in [-0.05, 0) is 0 Å². The highest BCUT2D eigenvalue weighted by atomic mass is 35.5. The van der Waals surface area contributed by atoms with Crippen LogP contribution in [0.25, 0.3) is 0 Å². The van der Waals surface area contributed by atoms with E-state index in [2.05, 4.69) is 10.00 Å². The Labute approximate surface area is 104 Å². The Hall–Kier alpha value is -1.11.